The molecule has 1 atom stereocenters. The van der Waals surface area contributed by atoms with Crippen LogP contribution >= 0.6 is 22.6 Å². The molecule has 0 radical (unpaired) electrons. The molecule has 0 saturated carbocycles. The number of rotatable bonds is 6. The number of benzene rings is 3. The number of ether oxygens (including phenoxy) is 1. The van der Waals surface area contributed by atoms with Gasteiger partial charge in [0.05, 0.1) is 12.7 Å². The van der Waals surface area contributed by atoms with Crippen LogP contribution in [0.3, 0.4) is 0 Å². The third kappa shape index (κ3) is 5.54. The number of amides is 1. The first-order valence-electron chi connectivity index (χ1n) is 10.8. The summed E-state index contributed by atoms with van der Waals surface area (Å²) >= 11 is 2.17. The van der Waals surface area contributed by atoms with Gasteiger partial charge in [0.25, 0.3) is 5.91 Å². The van der Waals surface area contributed by atoms with Gasteiger partial charge in [-0.05, 0) is 64.6 Å². The van der Waals surface area contributed by atoms with Gasteiger partial charge in [-0.2, -0.15) is 0 Å². The van der Waals surface area contributed by atoms with Crippen LogP contribution in [0, 0.1) is 3.57 Å². The number of anilines is 2. The Bertz CT molecular complexity index is 1100. The smallest absolute Gasteiger partial charge is 0.327 e. The fourth-order valence-electron chi connectivity index (χ4n) is 4.08. The molecule has 6 nitrogen and oxygen atoms in total. The molecule has 1 unspecified atom stereocenters. The Labute approximate surface area is 207 Å². The number of carbonyl (C=O) groups is 2. The number of halogens is 1. The zero-order chi connectivity index (χ0) is 23.2. The number of methoxy groups -OCH3 is 1. The van der Waals surface area contributed by atoms with Crippen molar-refractivity contribution in [3.05, 3.63) is 93.6 Å². The Hall–Kier alpha value is -2.91. The molecule has 1 aliphatic heterocycles. The van der Waals surface area contributed by atoms with Crippen molar-refractivity contribution in [1.29, 1.82) is 0 Å². The summed E-state index contributed by atoms with van der Waals surface area (Å²) in [5, 5.41) is 2.97. The minimum Gasteiger partial charge on any atom is -0.468 e. The fraction of sp³-hybridized carbons (Fsp3) is 0.231. The first-order valence-corrected chi connectivity index (χ1v) is 11.9. The van der Waals surface area contributed by atoms with E-state index in [1.807, 2.05) is 78.9 Å². The Morgan fingerprint density at radius 3 is 2.15 bits per heavy atom. The molecule has 170 valence electrons. The maximum atomic E-state index is 12.5. The van der Waals surface area contributed by atoms with Gasteiger partial charge in [0.2, 0.25) is 0 Å². The first kappa shape index (κ1) is 23.3. The number of carbonyl (C=O) groups excluding carboxylic acids is 2. The number of hydrogen-bond donors (Lipinski definition) is 1. The monoisotopic (exact) mass is 555 g/mol. The summed E-state index contributed by atoms with van der Waals surface area (Å²) in [4.78, 5) is 29.5. The van der Waals surface area contributed by atoms with Crippen LogP contribution in [0.2, 0.25) is 0 Å². The second kappa shape index (κ2) is 10.8. The number of nitrogens with zero attached hydrogens (tertiary/aromatic N) is 2. The molecular formula is C26H26IN3O3. The maximum Gasteiger partial charge on any atom is 0.327 e. The van der Waals surface area contributed by atoms with Crippen molar-refractivity contribution in [3.63, 3.8) is 0 Å². The summed E-state index contributed by atoms with van der Waals surface area (Å²) in [6.07, 6.45) is 0. The summed E-state index contributed by atoms with van der Waals surface area (Å²) in [5.74, 6) is -0.348. The van der Waals surface area contributed by atoms with Gasteiger partial charge >= 0.3 is 5.97 Å². The molecule has 1 aliphatic rings. The van der Waals surface area contributed by atoms with E-state index >= 15 is 0 Å². The Balaban J connectivity index is 1.38. The molecule has 1 N–H and O–H groups in total. The van der Waals surface area contributed by atoms with Crippen LogP contribution in [0.25, 0.3) is 0 Å². The molecule has 4 rings (SSSR count). The van der Waals surface area contributed by atoms with Crippen molar-refractivity contribution in [1.82, 2.24) is 4.90 Å². The highest BCUT2D eigenvalue weighted by molar-refractivity contribution is 14.1. The third-order valence-electron chi connectivity index (χ3n) is 5.83. The predicted octanol–water partition coefficient (Wildman–Crippen LogP) is 4.58. The van der Waals surface area contributed by atoms with Crippen molar-refractivity contribution in [3.8, 4) is 0 Å². The molecule has 1 fully saturated rings. The maximum absolute atomic E-state index is 12.5. The van der Waals surface area contributed by atoms with Gasteiger partial charge < -0.3 is 15.0 Å². The Morgan fingerprint density at radius 1 is 0.879 bits per heavy atom. The Morgan fingerprint density at radius 2 is 1.52 bits per heavy atom. The second-order valence-electron chi connectivity index (χ2n) is 7.84. The van der Waals surface area contributed by atoms with E-state index in [2.05, 4.69) is 37.7 Å². The standard InChI is InChI=1S/C26H26IN3O3/c1-33-26(32)24(19-7-3-2-4-8-19)30-17-15-29(16-18-30)21-13-11-20(12-14-21)28-25(31)22-9-5-6-10-23(22)27/h2-14,24H,15-18H2,1H3,(H,28,31). The van der Waals surface area contributed by atoms with Gasteiger partial charge in [-0.3, -0.25) is 9.69 Å². The summed E-state index contributed by atoms with van der Waals surface area (Å²) in [6.45, 7) is 3.10. The zero-order valence-corrected chi connectivity index (χ0v) is 20.6. The van der Waals surface area contributed by atoms with Gasteiger partial charge in [0.1, 0.15) is 6.04 Å². The van der Waals surface area contributed by atoms with Crippen LogP contribution in [0.15, 0.2) is 78.9 Å². The zero-order valence-electron chi connectivity index (χ0n) is 18.4. The molecule has 1 amide bonds. The van der Waals surface area contributed by atoms with Crippen LogP contribution in [0.1, 0.15) is 22.0 Å². The molecule has 0 aliphatic carbocycles. The lowest BCUT2D eigenvalue weighted by Gasteiger charge is -2.39. The van der Waals surface area contributed by atoms with Crippen LogP contribution in [0.5, 0.6) is 0 Å². The average Bonchev–Trinajstić information content (AvgIpc) is 2.86. The summed E-state index contributed by atoms with van der Waals surface area (Å²) in [7, 11) is 1.44. The highest BCUT2D eigenvalue weighted by Crippen LogP contribution is 2.26. The topological polar surface area (TPSA) is 61.9 Å². The molecule has 0 spiro atoms. The average molecular weight is 555 g/mol. The van der Waals surface area contributed by atoms with E-state index in [0.29, 0.717) is 5.56 Å². The summed E-state index contributed by atoms with van der Waals surface area (Å²) in [6, 6.07) is 24.8. The van der Waals surface area contributed by atoms with Gasteiger partial charge in [-0.1, -0.05) is 42.5 Å². The highest BCUT2D eigenvalue weighted by atomic mass is 127. The van der Waals surface area contributed by atoms with Crippen molar-refractivity contribution >= 4 is 45.8 Å². The molecule has 3 aromatic rings. The fourth-order valence-corrected chi connectivity index (χ4v) is 4.71. The minimum absolute atomic E-state index is 0.115. The molecule has 0 aromatic heterocycles. The first-order chi connectivity index (χ1) is 16.1. The minimum atomic E-state index is -0.392. The lowest BCUT2D eigenvalue weighted by atomic mass is 10.0. The lowest BCUT2D eigenvalue weighted by molar-refractivity contribution is -0.147. The summed E-state index contributed by atoms with van der Waals surface area (Å²) < 4.78 is 6.01. The van der Waals surface area contributed by atoms with E-state index < -0.39 is 6.04 Å². The molecular weight excluding hydrogens is 529 g/mol. The molecule has 7 heteroatoms. The predicted molar refractivity (Wildman–Crippen MR) is 139 cm³/mol. The SMILES string of the molecule is COC(=O)C(c1ccccc1)N1CCN(c2ccc(NC(=O)c3ccccc3I)cc2)CC1. The molecule has 33 heavy (non-hydrogen) atoms. The van der Waals surface area contributed by atoms with Crippen molar-refractivity contribution in [2.75, 3.05) is 43.5 Å². The molecule has 1 saturated heterocycles. The van der Waals surface area contributed by atoms with Gasteiger partial charge in [-0.25, -0.2) is 4.79 Å². The quantitative estimate of drug-likeness (QED) is 0.357. The number of piperazine rings is 1. The van der Waals surface area contributed by atoms with Crippen molar-refractivity contribution in [2.24, 2.45) is 0 Å². The molecule has 1 heterocycles. The molecule has 0 bridgehead atoms. The van der Waals surface area contributed by atoms with Gasteiger partial charge in [-0.15, -0.1) is 0 Å². The van der Waals surface area contributed by atoms with Crippen LogP contribution in [-0.2, 0) is 9.53 Å². The van der Waals surface area contributed by atoms with Gasteiger partial charge in [0.15, 0.2) is 0 Å². The normalized spacial score (nSPS) is 15.0. The van der Waals surface area contributed by atoms with E-state index in [-0.39, 0.29) is 11.9 Å². The van der Waals surface area contributed by atoms with Crippen molar-refractivity contribution < 1.29 is 14.3 Å². The number of nitrogens with one attached hydrogen (secondary N) is 1. The van der Waals surface area contributed by atoms with E-state index in [1.165, 1.54) is 7.11 Å². The summed E-state index contributed by atoms with van der Waals surface area (Å²) in [5.41, 5.74) is 3.47. The lowest BCUT2D eigenvalue weighted by Crippen LogP contribution is -2.49. The molecule has 3 aromatic carbocycles. The number of hydrogen-bond acceptors (Lipinski definition) is 5. The van der Waals surface area contributed by atoms with E-state index in [0.717, 1.165) is 46.7 Å². The van der Waals surface area contributed by atoms with Crippen molar-refractivity contribution in [2.45, 2.75) is 6.04 Å². The Kier molecular flexibility index (Phi) is 7.61. The third-order valence-corrected chi connectivity index (χ3v) is 6.77. The number of esters is 1. The highest BCUT2D eigenvalue weighted by Gasteiger charge is 2.31. The van der Waals surface area contributed by atoms with E-state index in [1.54, 1.807) is 0 Å². The second-order valence-corrected chi connectivity index (χ2v) is 9.00. The van der Waals surface area contributed by atoms with Crippen LogP contribution < -0.4 is 10.2 Å². The van der Waals surface area contributed by atoms with Crippen LogP contribution in [0.4, 0.5) is 11.4 Å². The van der Waals surface area contributed by atoms with E-state index in [9.17, 15) is 9.59 Å². The van der Waals surface area contributed by atoms with Gasteiger partial charge in [0, 0.05) is 41.1 Å². The largest absolute Gasteiger partial charge is 0.468 e. The van der Waals surface area contributed by atoms with Crippen LogP contribution in [-0.4, -0.2) is 50.1 Å². The van der Waals surface area contributed by atoms with E-state index in [4.69, 9.17) is 4.74 Å².